The van der Waals surface area contributed by atoms with E-state index in [4.69, 9.17) is 0 Å². The van der Waals surface area contributed by atoms with E-state index in [1.807, 2.05) is 0 Å². The summed E-state index contributed by atoms with van der Waals surface area (Å²) in [5.74, 6) is 0.856. The topological polar surface area (TPSA) is 9.72 Å². The van der Waals surface area contributed by atoms with E-state index in [0.29, 0.717) is 27.1 Å². The van der Waals surface area contributed by atoms with Crippen molar-refractivity contribution in [2.75, 3.05) is 39.3 Å². The second-order valence-corrected chi connectivity index (χ2v) is 19.6. The van der Waals surface area contributed by atoms with Gasteiger partial charge in [-0.2, -0.15) is 0 Å². The lowest BCUT2D eigenvalue weighted by molar-refractivity contribution is -0.0590. The van der Waals surface area contributed by atoms with E-state index in [9.17, 15) is 0 Å². The normalized spacial score (nSPS) is 21.3. The van der Waals surface area contributed by atoms with E-state index in [0.717, 1.165) is 5.92 Å². The van der Waals surface area contributed by atoms with Crippen LogP contribution in [-0.2, 0) is 0 Å². The Kier molecular flexibility index (Phi) is 11.5. The molecule has 0 aromatic heterocycles. The maximum absolute atomic E-state index is 2.72. The van der Waals surface area contributed by atoms with Crippen molar-refractivity contribution in [3.8, 4) is 0 Å². The first kappa shape index (κ1) is 37.9. The molecule has 240 valence electrons. The molecule has 0 spiro atoms. The molecular weight excluding hydrogens is 486 g/mol. The first-order valence-electron chi connectivity index (χ1n) is 16.7. The smallest absolute Gasteiger partial charge is 0.0202 e. The van der Waals surface area contributed by atoms with Gasteiger partial charge in [0.25, 0.3) is 0 Å². The molecule has 2 rings (SSSR count). The highest BCUT2D eigenvalue weighted by molar-refractivity contribution is 5.00. The summed E-state index contributed by atoms with van der Waals surface area (Å²) in [6, 6.07) is 0. The van der Waals surface area contributed by atoms with Crippen molar-refractivity contribution in [1.29, 1.82) is 0 Å². The second kappa shape index (κ2) is 12.1. The van der Waals surface area contributed by atoms with Crippen LogP contribution in [-0.4, -0.2) is 70.6 Å². The van der Waals surface area contributed by atoms with Gasteiger partial charge in [-0.15, -0.1) is 0 Å². The molecule has 0 aromatic carbocycles. The van der Waals surface area contributed by atoms with Crippen molar-refractivity contribution in [3.63, 3.8) is 0 Å². The highest BCUT2D eigenvalue weighted by Gasteiger charge is 2.46. The Balaban J connectivity index is 0.000000400. The largest absolute Gasteiger partial charge is 0.298 e. The van der Waals surface area contributed by atoms with Crippen LogP contribution in [0.4, 0.5) is 0 Å². The molecule has 2 aliphatic rings. The molecule has 2 heterocycles. The first-order valence-corrected chi connectivity index (χ1v) is 16.7. The fourth-order valence-electron chi connectivity index (χ4n) is 6.02. The van der Waals surface area contributed by atoms with Gasteiger partial charge in [-0.3, -0.25) is 14.7 Å². The Labute approximate surface area is 254 Å². The molecule has 3 heteroatoms. The summed E-state index contributed by atoms with van der Waals surface area (Å²) in [5, 5.41) is 0. The summed E-state index contributed by atoms with van der Waals surface area (Å²) in [6.45, 7) is 55.1. The maximum Gasteiger partial charge on any atom is 0.0202 e. The average Bonchev–Trinajstić information content (AvgIpc) is 2.76. The molecule has 2 aliphatic heterocycles. The Morgan fingerprint density at radius 3 is 0.750 bits per heavy atom. The average molecular weight is 564 g/mol. The van der Waals surface area contributed by atoms with Crippen molar-refractivity contribution in [1.82, 2.24) is 14.7 Å². The highest BCUT2D eigenvalue weighted by Crippen LogP contribution is 2.49. The summed E-state index contributed by atoms with van der Waals surface area (Å²) in [7, 11) is 0. The van der Waals surface area contributed by atoms with Crippen LogP contribution < -0.4 is 0 Å². The standard InChI is InChI=1S/C19H39N.C18H38N2/c1-16(2,3)18(7,8)15-11-13-20(14-12-15)19(9,10)17(4,5)6;1-15(2,3)17(7,8)19-11-13-20(14-12-19)18(9,10)16(4,5)6/h15H,11-14H2,1-10H3;11-14H2,1-10H3. The molecule has 0 radical (unpaired) electrons. The number of hydrogen-bond donors (Lipinski definition) is 0. The second-order valence-electron chi connectivity index (χ2n) is 19.6. The minimum Gasteiger partial charge on any atom is -0.298 e. The minimum atomic E-state index is 0.255. The van der Waals surface area contributed by atoms with Gasteiger partial charge >= 0.3 is 0 Å². The number of hydrogen-bond acceptors (Lipinski definition) is 3. The van der Waals surface area contributed by atoms with E-state index in [2.05, 4.69) is 153 Å². The van der Waals surface area contributed by atoms with Crippen LogP contribution in [0.1, 0.15) is 151 Å². The van der Waals surface area contributed by atoms with Crippen LogP contribution in [0.3, 0.4) is 0 Å². The number of piperidine rings is 1. The molecule has 0 aromatic rings. The molecule has 0 atom stereocenters. The predicted octanol–water partition coefficient (Wildman–Crippen LogP) is 9.85. The van der Waals surface area contributed by atoms with E-state index in [-0.39, 0.29) is 16.6 Å². The summed E-state index contributed by atoms with van der Waals surface area (Å²) in [6.07, 6.45) is 2.70. The van der Waals surface area contributed by atoms with Crippen LogP contribution in [0.2, 0.25) is 0 Å². The third-order valence-corrected chi connectivity index (χ3v) is 13.6. The van der Waals surface area contributed by atoms with E-state index < -0.39 is 0 Å². The van der Waals surface area contributed by atoms with E-state index in [1.54, 1.807) is 0 Å². The molecular formula is C37H77N3. The van der Waals surface area contributed by atoms with E-state index in [1.165, 1.54) is 52.1 Å². The Hall–Kier alpha value is -0.120. The van der Waals surface area contributed by atoms with Crippen molar-refractivity contribution in [2.45, 2.75) is 168 Å². The lowest BCUT2D eigenvalue weighted by Crippen LogP contribution is -2.64. The highest BCUT2D eigenvalue weighted by atomic mass is 15.3. The number of piperazine rings is 1. The Bertz CT molecular complexity index is 637. The summed E-state index contributed by atoms with van der Waals surface area (Å²) in [5.41, 5.74) is 2.56. The lowest BCUT2D eigenvalue weighted by Gasteiger charge is -2.55. The molecule has 2 fully saturated rings. The fraction of sp³-hybridized carbons (Fsp3) is 1.00. The van der Waals surface area contributed by atoms with Crippen molar-refractivity contribution >= 4 is 0 Å². The van der Waals surface area contributed by atoms with Crippen molar-refractivity contribution in [2.24, 2.45) is 33.0 Å². The minimum absolute atomic E-state index is 0.255. The molecule has 0 amide bonds. The van der Waals surface area contributed by atoms with Crippen LogP contribution in [0.15, 0.2) is 0 Å². The van der Waals surface area contributed by atoms with Gasteiger partial charge in [0.15, 0.2) is 0 Å². The Morgan fingerprint density at radius 2 is 0.550 bits per heavy atom. The van der Waals surface area contributed by atoms with Gasteiger partial charge < -0.3 is 0 Å². The Morgan fingerprint density at radius 1 is 0.325 bits per heavy atom. The molecule has 0 aliphatic carbocycles. The zero-order valence-corrected chi connectivity index (χ0v) is 31.6. The molecule has 0 bridgehead atoms. The van der Waals surface area contributed by atoms with Crippen LogP contribution in [0.25, 0.3) is 0 Å². The summed E-state index contributed by atoms with van der Waals surface area (Å²) >= 11 is 0. The number of likely N-dealkylation sites (tertiary alicyclic amines) is 1. The zero-order chi connectivity index (χ0) is 32.0. The molecule has 0 N–H and O–H groups in total. The molecule has 0 saturated carbocycles. The van der Waals surface area contributed by atoms with E-state index >= 15 is 0 Å². The summed E-state index contributed by atoms with van der Waals surface area (Å²) in [4.78, 5) is 8.09. The first-order chi connectivity index (χ1) is 17.4. The fourth-order valence-corrected chi connectivity index (χ4v) is 6.02. The van der Waals surface area contributed by atoms with Crippen LogP contribution >= 0.6 is 0 Å². The van der Waals surface area contributed by atoms with Gasteiger partial charge in [0.2, 0.25) is 0 Å². The molecule has 0 unspecified atom stereocenters. The molecule has 40 heavy (non-hydrogen) atoms. The van der Waals surface area contributed by atoms with Gasteiger partial charge in [-0.05, 0) is 100 Å². The van der Waals surface area contributed by atoms with Gasteiger partial charge in [-0.1, -0.05) is 96.9 Å². The van der Waals surface area contributed by atoms with Crippen molar-refractivity contribution < 1.29 is 0 Å². The monoisotopic (exact) mass is 564 g/mol. The number of nitrogens with zero attached hydrogens (tertiary/aromatic N) is 3. The van der Waals surface area contributed by atoms with Gasteiger partial charge in [0.05, 0.1) is 0 Å². The quantitative estimate of drug-likeness (QED) is 0.337. The third kappa shape index (κ3) is 8.07. The zero-order valence-electron chi connectivity index (χ0n) is 31.6. The molecule has 3 nitrogen and oxygen atoms in total. The van der Waals surface area contributed by atoms with Crippen LogP contribution in [0.5, 0.6) is 0 Å². The van der Waals surface area contributed by atoms with Gasteiger partial charge in [0.1, 0.15) is 0 Å². The number of rotatable bonds is 4. The SMILES string of the molecule is CC(C)(C)C(C)(C)C1CCN(C(C)(C)C(C)(C)C)CC1.CC(C)(C)C(C)(C)N1CCN(C(C)(C)C(C)(C)C)CC1. The van der Waals surface area contributed by atoms with Crippen LogP contribution in [0, 0.1) is 33.0 Å². The summed E-state index contributed by atoms with van der Waals surface area (Å²) < 4.78 is 0. The van der Waals surface area contributed by atoms with Crippen molar-refractivity contribution in [3.05, 3.63) is 0 Å². The lowest BCUT2D eigenvalue weighted by atomic mass is 9.59. The third-order valence-electron chi connectivity index (χ3n) is 13.6. The van der Waals surface area contributed by atoms with Gasteiger partial charge in [-0.25, -0.2) is 0 Å². The maximum atomic E-state index is 2.72. The van der Waals surface area contributed by atoms with Gasteiger partial charge in [0, 0.05) is 42.8 Å². The predicted molar refractivity (Wildman–Crippen MR) is 181 cm³/mol. The molecule has 2 saturated heterocycles.